The van der Waals surface area contributed by atoms with Gasteiger partial charge in [0.05, 0.1) is 0 Å². The Morgan fingerprint density at radius 1 is 0.880 bits per heavy atom. The SMILES string of the molecule is CCCCCCCCCCCCCCCCc1cc(F)c(C(=O)O)[nH]1. The average molecular weight is 354 g/mol. The lowest BCUT2D eigenvalue weighted by Gasteiger charge is -2.03. The molecule has 0 aliphatic heterocycles. The fourth-order valence-corrected chi connectivity index (χ4v) is 3.28. The van der Waals surface area contributed by atoms with Crippen molar-refractivity contribution in [2.45, 2.75) is 103 Å². The summed E-state index contributed by atoms with van der Waals surface area (Å²) < 4.78 is 13.3. The maximum absolute atomic E-state index is 13.3. The Kier molecular flexibility index (Phi) is 12.1. The molecule has 1 rings (SSSR count). The number of carboxylic acids is 1. The Morgan fingerprint density at radius 3 is 1.72 bits per heavy atom. The van der Waals surface area contributed by atoms with Crippen molar-refractivity contribution in [1.29, 1.82) is 0 Å². The molecule has 0 amide bonds. The van der Waals surface area contributed by atoms with Crippen LogP contribution in [0.25, 0.3) is 0 Å². The molecule has 3 nitrogen and oxygen atoms in total. The summed E-state index contributed by atoms with van der Waals surface area (Å²) >= 11 is 0. The van der Waals surface area contributed by atoms with E-state index in [1.807, 2.05) is 0 Å². The highest BCUT2D eigenvalue weighted by molar-refractivity contribution is 5.85. The van der Waals surface area contributed by atoms with Crippen molar-refractivity contribution in [1.82, 2.24) is 4.98 Å². The summed E-state index contributed by atoms with van der Waals surface area (Å²) in [5, 5.41) is 8.80. The highest BCUT2D eigenvalue weighted by Crippen LogP contribution is 2.15. The normalized spacial score (nSPS) is 11.1. The van der Waals surface area contributed by atoms with E-state index in [0.717, 1.165) is 19.3 Å². The highest BCUT2D eigenvalue weighted by Gasteiger charge is 2.13. The number of H-pyrrole nitrogens is 1. The quantitative estimate of drug-likeness (QED) is 0.318. The monoisotopic (exact) mass is 353 g/mol. The lowest BCUT2D eigenvalue weighted by atomic mass is 10.0. The number of hydrogen-bond donors (Lipinski definition) is 2. The van der Waals surface area contributed by atoms with Crippen LogP contribution >= 0.6 is 0 Å². The number of aryl methyl sites for hydroxylation is 1. The van der Waals surface area contributed by atoms with Crippen LogP contribution in [-0.2, 0) is 6.42 Å². The Balaban J connectivity index is 1.88. The third-order valence-corrected chi connectivity index (χ3v) is 4.84. The Hall–Kier alpha value is -1.32. The van der Waals surface area contributed by atoms with Gasteiger partial charge in [0.25, 0.3) is 0 Å². The minimum atomic E-state index is -1.23. The number of aromatic carboxylic acids is 1. The number of hydrogen-bond acceptors (Lipinski definition) is 1. The van der Waals surface area contributed by atoms with E-state index in [2.05, 4.69) is 11.9 Å². The molecular formula is C21H36FNO2. The fraction of sp³-hybridized carbons (Fsp3) is 0.762. The third-order valence-electron chi connectivity index (χ3n) is 4.84. The molecule has 144 valence electrons. The van der Waals surface area contributed by atoms with Crippen LogP contribution in [0.3, 0.4) is 0 Å². The van der Waals surface area contributed by atoms with Crippen molar-refractivity contribution in [2.24, 2.45) is 0 Å². The van der Waals surface area contributed by atoms with Gasteiger partial charge in [-0.15, -0.1) is 0 Å². The van der Waals surface area contributed by atoms with Gasteiger partial charge in [0.2, 0.25) is 0 Å². The number of rotatable bonds is 16. The number of nitrogens with one attached hydrogen (secondary N) is 1. The second-order valence-corrected chi connectivity index (χ2v) is 7.17. The average Bonchev–Trinajstić information content (AvgIpc) is 2.96. The van der Waals surface area contributed by atoms with Crippen LogP contribution in [0.15, 0.2) is 6.07 Å². The van der Waals surface area contributed by atoms with Gasteiger partial charge in [-0.2, -0.15) is 0 Å². The smallest absolute Gasteiger partial charge is 0.355 e. The van der Waals surface area contributed by atoms with Gasteiger partial charge in [0.15, 0.2) is 11.5 Å². The minimum absolute atomic E-state index is 0.319. The lowest BCUT2D eigenvalue weighted by Crippen LogP contribution is -1.99. The van der Waals surface area contributed by atoms with Gasteiger partial charge in [-0.25, -0.2) is 9.18 Å². The van der Waals surface area contributed by atoms with Gasteiger partial charge in [-0.1, -0.05) is 90.4 Å². The van der Waals surface area contributed by atoms with Gasteiger partial charge < -0.3 is 10.1 Å². The molecule has 0 radical (unpaired) electrons. The molecule has 0 spiro atoms. The molecule has 0 aromatic carbocycles. The Bertz CT molecular complexity index is 470. The number of aromatic nitrogens is 1. The van der Waals surface area contributed by atoms with Crippen molar-refractivity contribution in [3.63, 3.8) is 0 Å². The summed E-state index contributed by atoms with van der Waals surface area (Å²) in [5.74, 6) is -1.89. The van der Waals surface area contributed by atoms with Crippen molar-refractivity contribution in [2.75, 3.05) is 0 Å². The topological polar surface area (TPSA) is 53.1 Å². The predicted octanol–water partition coefficient (Wildman–Crippen LogP) is 6.88. The fourth-order valence-electron chi connectivity index (χ4n) is 3.28. The summed E-state index contributed by atoms with van der Waals surface area (Å²) in [4.78, 5) is 13.4. The summed E-state index contributed by atoms with van der Waals surface area (Å²) in [7, 11) is 0. The molecule has 2 N–H and O–H groups in total. The van der Waals surface area contributed by atoms with Gasteiger partial charge in [-0.05, 0) is 18.9 Å². The second kappa shape index (κ2) is 13.9. The maximum Gasteiger partial charge on any atom is 0.355 e. The molecule has 0 aliphatic carbocycles. The highest BCUT2D eigenvalue weighted by atomic mass is 19.1. The van der Waals surface area contributed by atoms with E-state index in [1.165, 1.54) is 83.1 Å². The molecule has 1 aromatic heterocycles. The molecule has 0 atom stereocenters. The predicted molar refractivity (Wildman–Crippen MR) is 102 cm³/mol. The van der Waals surface area contributed by atoms with Gasteiger partial charge in [0, 0.05) is 5.69 Å². The standard InChI is InChI=1S/C21H36FNO2/c1-2-3-4-5-6-7-8-9-10-11-12-13-14-15-16-18-17-19(22)20(23-18)21(24)25/h17,23H,2-16H2,1H3,(H,24,25). The van der Waals surface area contributed by atoms with Gasteiger partial charge in [-0.3, -0.25) is 0 Å². The van der Waals surface area contributed by atoms with Crippen molar-refractivity contribution in [3.8, 4) is 0 Å². The molecule has 0 fully saturated rings. The van der Waals surface area contributed by atoms with Crippen LogP contribution < -0.4 is 0 Å². The maximum atomic E-state index is 13.3. The Labute approximate surface area is 152 Å². The zero-order valence-electron chi connectivity index (χ0n) is 15.9. The Morgan fingerprint density at radius 2 is 1.32 bits per heavy atom. The molecule has 25 heavy (non-hydrogen) atoms. The van der Waals surface area contributed by atoms with E-state index in [0.29, 0.717) is 5.69 Å². The minimum Gasteiger partial charge on any atom is -0.476 e. The first kappa shape index (κ1) is 21.7. The van der Waals surface area contributed by atoms with Crippen LogP contribution in [0.2, 0.25) is 0 Å². The summed E-state index contributed by atoms with van der Waals surface area (Å²) in [5.41, 5.74) is 0.370. The zero-order chi connectivity index (χ0) is 18.3. The number of aromatic amines is 1. The van der Waals surface area contributed by atoms with E-state index in [9.17, 15) is 9.18 Å². The van der Waals surface area contributed by atoms with E-state index in [4.69, 9.17) is 5.11 Å². The van der Waals surface area contributed by atoms with E-state index >= 15 is 0 Å². The molecule has 0 saturated heterocycles. The van der Waals surface area contributed by atoms with Crippen LogP contribution in [0.4, 0.5) is 4.39 Å². The van der Waals surface area contributed by atoms with Crippen molar-refractivity contribution in [3.05, 3.63) is 23.3 Å². The van der Waals surface area contributed by atoms with E-state index in [-0.39, 0.29) is 5.69 Å². The van der Waals surface area contributed by atoms with Crippen molar-refractivity contribution >= 4 is 5.97 Å². The molecular weight excluding hydrogens is 317 g/mol. The molecule has 4 heteroatoms. The number of unbranched alkanes of at least 4 members (excludes halogenated alkanes) is 13. The zero-order valence-corrected chi connectivity index (χ0v) is 15.9. The molecule has 0 unspecified atom stereocenters. The summed E-state index contributed by atoms with van der Waals surface area (Å²) in [6.07, 6.45) is 19.1. The molecule has 0 saturated carbocycles. The van der Waals surface area contributed by atoms with Crippen LogP contribution in [0.1, 0.15) is 113 Å². The number of carboxylic acid groups (broad SMARTS) is 1. The van der Waals surface area contributed by atoms with Crippen molar-refractivity contribution < 1.29 is 14.3 Å². The number of halogens is 1. The summed E-state index contributed by atoms with van der Waals surface area (Å²) in [6, 6.07) is 1.31. The summed E-state index contributed by atoms with van der Waals surface area (Å²) in [6.45, 7) is 2.26. The van der Waals surface area contributed by atoms with Crippen LogP contribution in [0, 0.1) is 5.82 Å². The number of carbonyl (C=O) groups is 1. The second-order valence-electron chi connectivity index (χ2n) is 7.17. The van der Waals surface area contributed by atoms with Gasteiger partial charge in [0.1, 0.15) is 0 Å². The van der Waals surface area contributed by atoms with E-state index < -0.39 is 11.8 Å². The first-order chi connectivity index (χ1) is 12.1. The molecule has 1 aromatic rings. The molecule has 1 heterocycles. The first-order valence-corrected chi connectivity index (χ1v) is 10.3. The van der Waals surface area contributed by atoms with Crippen LogP contribution in [0.5, 0.6) is 0 Å². The molecule has 0 aliphatic rings. The lowest BCUT2D eigenvalue weighted by molar-refractivity contribution is 0.0686. The van der Waals surface area contributed by atoms with Crippen LogP contribution in [-0.4, -0.2) is 16.1 Å². The third kappa shape index (κ3) is 10.3. The first-order valence-electron chi connectivity index (χ1n) is 10.3. The largest absolute Gasteiger partial charge is 0.476 e. The molecule has 0 bridgehead atoms. The van der Waals surface area contributed by atoms with Gasteiger partial charge >= 0.3 is 5.97 Å². The van der Waals surface area contributed by atoms with E-state index in [1.54, 1.807) is 0 Å².